The SMILES string of the molecule is C=C1Nc2ncnn2[C@@H](c2cccc(F)c2)[C@@H]1C(=O)OCC. The van der Waals surface area contributed by atoms with Crippen LogP contribution >= 0.6 is 0 Å². The summed E-state index contributed by atoms with van der Waals surface area (Å²) in [5.41, 5.74) is 1.06. The lowest BCUT2D eigenvalue weighted by Crippen LogP contribution is -2.37. The zero-order valence-corrected chi connectivity index (χ0v) is 12.0. The Balaban J connectivity index is 2.11. The standard InChI is InChI=1S/C15H15FN4O2/c1-3-22-14(21)12-9(2)19-15-17-8-18-20(15)13(12)10-5-4-6-11(16)7-10/h4-8,12-13H,2-3H2,1H3,(H,17,18,19)/t12-,13+/m1/s1. The van der Waals surface area contributed by atoms with Gasteiger partial charge < -0.3 is 10.1 Å². The van der Waals surface area contributed by atoms with Gasteiger partial charge >= 0.3 is 5.97 Å². The molecule has 1 N–H and O–H groups in total. The van der Waals surface area contributed by atoms with Gasteiger partial charge in [0.1, 0.15) is 18.1 Å². The van der Waals surface area contributed by atoms with E-state index in [0.29, 0.717) is 17.2 Å². The number of aromatic nitrogens is 3. The zero-order valence-electron chi connectivity index (χ0n) is 12.0. The van der Waals surface area contributed by atoms with E-state index in [1.807, 2.05) is 0 Å². The van der Waals surface area contributed by atoms with Crippen LogP contribution in [0.1, 0.15) is 18.5 Å². The fourth-order valence-electron chi connectivity index (χ4n) is 2.62. The Hall–Kier alpha value is -2.70. The molecule has 7 heteroatoms. The van der Waals surface area contributed by atoms with Gasteiger partial charge in [-0.3, -0.25) is 4.79 Å². The lowest BCUT2D eigenvalue weighted by Gasteiger charge is -2.33. The van der Waals surface area contributed by atoms with Gasteiger partial charge in [0, 0.05) is 5.70 Å². The Morgan fingerprint density at radius 3 is 3.09 bits per heavy atom. The molecule has 0 saturated carbocycles. The molecule has 1 aromatic carbocycles. The van der Waals surface area contributed by atoms with Crippen LogP contribution in [0.2, 0.25) is 0 Å². The second kappa shape index (κ2) is 5.59. The summed E-state index contributed by atoms with van der Waals surface area (Å²) in [5, 5.41) is 7.09. The number of anilines is 1. The van der Waals surface area contributed by atoms with Gasteiger partial charge in [-0.15, -0.1) is 0 Å². The minimum Gasteiger partial charge on any atom is -0.465 e. The van der Waals surface area contributed by atoms with Crippen molar-refractivity contribution >= 4 is 11.9 Å². The largest absolute Gasteiger partial charge is 0.465 e. The number of ether oxygens (including phenoxy) is 1. The quantitative estimate of drug-likeness (QED) is 0.880. The maximum atomic E-state index is 13.6. The van der Waals surface area contributed by atoms with Crippen LogP contribution in [0.4, 0.5) is 10.3 Å². The first-order valence-electron chi connectivity index (χ1n) is 6.89. The van der Waals surface area contributed by atoms with Gasteiger partial charge in [0.25, 0.3) is 0 Å². The average Bonchev–Trinajstić information content (AvgIpc) is 2.93. The van der Waals surface area contributed by atoms with Gasteiger partial charge in [-0.2, -0.15) is 10.1 Å². The number of nitrogens with zero attached hydrogens (tertiary/aromatic N) is 3. The zero-order chi connectivity index (χ0) is 15.7. The van der Waals surface area contributed by atoms with Crippen LogP contribution in [0.15, 0.2) is 42.9 Å². The minimum atomic E-state index is -0.712. The molecule has 0 unspecified atom stereocenters. The van der Waals surface area contributed by atoms with Gasteiger partial charge in [-0.1, -0.05) is 18.7 Å². The summed E-state index contributed by atoms with van der Waals surface area (Å²) in [6.07, 6.45) is 1.37. The number of fused-ring (bicyclic) bond motifs is 1. The lowest BCUT2D eigenvalue weighted by atomic mass is 9.89. The molecule has 3 rings (SSSR count). The maximum absolute atomic E-state index is 13.6. The topological polar surface area (TPSA) is 69.0 Å². The van der Waals surface area contributed by atoms with Crippen LogP contribution in [-0.2, 0) is 9.53 Å². The number of halogens is 1. The van der Waals surface area contributed by atoms with Crippen molar-refractivity contribution in [2.75, 3.05) is 11.9 Å². The Bertz CT molecular complexity index is 728. The van der Waals surface area contributed by atoms with Crippen LogP contribution in [0.3, 0.4) is 0 Å². The highest BCUT2D eigenvalue weighted by Crippen LogP contribution is 2.37. The number of carbonyl (C=O) groups is 1. The van der Waals surface area contributed by atoms with Crippen molar-refractivity contribution in [1.82, 2.24) is 14.8 Å². The monoisotopic (exact) mass is 302 g/mol. The van der Waals surface area contributed by atoms with Crippen LogP contribution in [0, 0.1) is 11.7 Å². The molecule has 22 heavy (non-hydrogen) atoms. The third kappa shape index (κ3) is 2.34. The number of esters is 1. The highest BCUT2D eigenvalue weighted by molar-refractivity contribution is 5.79. The molecule has 0 radical (unpaired) electrons. The van der Waals surface area contributed by atoms with Crippen LogP contribution < -0.4 is 5.32 Å². The lowest BCUT2D eigenvalue weighted by molar-refractivity contribution is -0.147. The maximum Gasteiger partial charge on any atom is 0.317 e. The summed E-state index contributed by atoms with van der Waals surface area (Å²) in [4.78, 5) is 16.4. The van der Waals surface area contributed by atoms with E-state index in [-0.39, 0.29) is 12.4 Å². The molecule has 2 atom stereocenters. The summed E-state index contributed by atoms with van der Waals surface area (Å²) in [6, 6.07) is 5.50. The van der Waals surface area contributed by atoms with Gasteiger partial charge in [-0.25, -0.2) is 9.07 Å². The number of rotatable bonds is 3. The van der Waals surface area contributed by atoms with Gasteiger partial charge in [0.2, 0.25) is 5.95 Å². The van der Waals surface area contributed by atoms with Crippen molar-refractivity contribution in [3.05, 3.63) is 54.2 Å². The minimum absolute atomic E-state index is 0.253. The average molecular weight is 302 g/mol. The summed E-state index contributed by atoms with van der Waals surface area (Å²) >= 11 is 0. The molecule has 6 nitrogen and oxygen atoms in total. The van der Waals surface area contributed by atoms with Crippen molar-refractivity contribution in [2.45, 2.75) is 13.0 Å². The fraction of sp³-hybridized carbons (Fsp3) is 0.267. The summed E-state index contributed by atoms with van der Waals surface area (Å²) in [5.74, 6) is -1.07. The number of nitrogens with one attached hydrogen (secondary N) is 1. The predicted molar refractivity (Wildman–Crippen MR) is 77.4 cm³/mol. The molecule has 0 bridgehead atoms. The molecule has 2 aromatic rings. The van der Waals surface area contributed by atoms with Crippen LogP contribution in [0.5, 0.6) is 0 Å². The second-order valence-electron chi connectivity index (χ2n) is 4.91. The Morgan fingerprint density at radius 1 is 1.55 bits per heavy atom. The third-order valence-corrected chi connectivity index (χ3v) is 3.53. The van der Waals surface area contributed by atoms with Crippen molar-refractivity contribution in [2.24, 2.45) is 5.92 Å². The Labute approximate surface area is 126 Å². The van der Waals surface area contributed by atoms with E-state index in [9.17, 15) is 9.18 Å². The molecule has 0 fully saturated rings. The van der Waals surface area contributed by atoms with Crippen molar-refractivity contribution in [3.63, 3.8) is 0 Å². The Morgan fingerprint density at radius 2 is 2.36 bits per heavy atom. The first-order valence-corrected chi connectivity index (χ1v) is 6.89. The first kappa shape index (κ1) is 14.2. The Kier molecular flexibility index (Phi) is 3.62. The van der Waals surface area contributed by atoms with Gasteiger partial charge in [0.05, 0.1) is 12.6 Å². The molecule has 0 spiro atoms. The van der Waals surface area contributed by atoms with E-state index in [4.69, 9.17) is 4.74 Å². The normalized spacial score (nSPS) is 20.2. The van der Waals surface area contributed by atoms with Crippen molar-refractivity contribution < 1.29 is 13.9 Å². The van der Waals surface area contributed by atoms with Crippen molar-refractivity contribution in [1.29, 1.82) is 0 Å². The molecule has 0 amide bonds. The molecule has 0 saturated heterocycles. The van der Waals surface area contributed by atoms with E-state index >= 15 is 0 Å². The van der Waals surface area contributed by atoms with E-state index in [1.54, 1.807) is 23.7 Å². The fourth-order valence-corrected chi connectivity index (χ4v) is 2.62. The molecule has 2 heterocycles. The number of carbonyl (C=O) groups excluding carboxylic acids is 1. The molecular weight excluding hydrogens is 287 g/mol. The second-order valence-corrected chi connectivity index (χ2v) is 4.91. The van der Waals surface area contributed by atoms with Crippen LogP contribution in [-0.4, -0.2) is 27.3 Å². The van der Waals surface area contributed by atoms with Crippen LogP contribution in [0.25, 0.3) is 0 Å². The number of benzene rings is 1. The summed E-state index contributed by atoms with van der Waals surface area (Å²) in [7, 11) is 0. The highest BCUT2D eigenvalue weighted by Gasteiger charge is 2.40. The van der Waals surface area contributed by atoms with E-state index in [1.165, 1.54) is 18.5 Å². The molecule has 0 aliphatic carbocycles. The molecule has 1 aliphatic heterocycles. The molecule has 1 aromatic heterocycles. The summed E-state index contributed by atoms with van der Waals surface area (Å²) in [6.45, 7) is 5.87. The smallest absolute Gasteiger partial charge is 0.317 e. The number of hydrogen-bond acceptors (Lipinski definition) is 5. The molecule has 1 aliphatic rings. The van der Waals surface area contributed by atoms with E-state index < -0.39 is 17.9 Å². The first-order chi connectivity index (χ1) is 10.6. The van der Waals surface area contributed by atoms with Gasteiger partial charge in [-0.05, 0) is 24.6 Å². The highest BCUT2D eigenvalue weighted by atomic mass is 19.1. The molecular formula is C15H15FN4O2. The molecule has 114 valence electrons. The van der Waals surface area contributed by atoms with E-state index in [0.717, 1.165) is 0 Å². The third-order valence-electron chi connectivity index (χ3n) is 3.53. The summed E-state index contributed by atoms with van der Waals surface area (Å²) < 4.78 is 20.3. The van der Waals surface area contributed by atoms with E-state index in [2.05, 4.69) is 22.0 Å². The van der Waals surface area contributed by atoms with Crippen molar-refractivity contribution in [3.8, 4) is 0 Å². The predicted octanol–water partition coefficient (Wildman–Crippen LogP) is 2.13. The van der Waals surface area contributed by atoms with Gasteiger partial charge in [0.15, 0.2) is 0 Å². The number of hydrogen-bond donors (Lipinski definition) is 1.